The molecule has 148 valence electrons. The maximum Gasteiger partial charge on any atom is 0.307 e. The van der Waals surface area contributed by atoms with Gasteiger partial charge in [-0.1, -0.05) is 17.7 Å². The quantitative estimate of drug-likeness (QED) is 0.571. The molecule has 0 aliphatic carbocycles. The van der Waals surface area contributed by atoms with Gasteiger partial charge in [0.25, 0.3) is 5.91 Å². The molecule has 1 amide bonds. The molecule has 0 spiro atoms. The molecule has 5 nitrogen and oxygen atoms in total. The van der Waals surface area contributed by atoms with Gasteiger partial charge in [0.2, 0.25) is 0 Å². The van der Waals surface area contributed by atoms with E-state index in [-0.39, 0.29) is 24.3 Å². The summed E-state index contributed by atoms with van der Waals surface area (Å²) in [7, 11) is 0. The number of aryl methyl sites for hydroxylation is 2. The summed E-state index contributed by atoms with van der Waals surface area (Å²) >= 11 is 0. The number of rotatable bonds is 7. The lowest BCUT2D eigenvalue weighted by Gasteiger charge is -2.14. The van der Waals surface area contributed by atoms with Crippen LogP contribution in [0.15, 0.2) is 36.4 Å². The van der Waals surface area contributed by atoms with Gasteiger partial charge in [0.1, 0.15) is 0 Å². The monoisotopic (exact) mass is 389 g/mol. The molecule has 0 saturated heterocycles. The van der Waals surface area contributed by atoms with E-state index in [1.807, 2.05) is 26.0 Å². The third-order valence-electron chi connectivity index (χ3n) is 4.11. The Balaban J connectivity index is 1.86. The number of halogens is 2. The summed E-state index contributed by atoms with van der Waals surface area (Å²) in [5.41, 5.74) is 2.36. The maximum atomic E-state index is 13.2. The van der Waals surface area contributed by atoms with Crippen molar-refractivity contribution in [3.63, 3.8) is 0 Å². The SMILES string of the molecule is Cc1ccc(C)c(C(=O)CCC(=O)O[C@H](C)C(=O)Nc2ccc(F)c(F)c2)c1. The molecule has 0 fully saturated rings. The minimum Gasteiger partial charge on any atom is -0.453 e. The minimum atomic E-state index is -1.16. The van der Waals surface area contributed by atoms with E-state index in [4.69, 9.17) is 4.74 Å². The highest BCUT2D eigenvalue weighted by atomic mass is 19.2. The molecule has 2 rings (SSSR count). The van der Waals surface area contributed by atoms with E-state index < -0.39 is 29.6 Å². The van der Waals surface area contributed by atoms with Crippen LogP contribution in [0.2, 0.25) is 0 Å². The molecule has 0 aromatic heterocycles. The van der Waals surface area contributed by atoms with Crippen molar-refractivity contribution in [1.82, 2.24) is 0 Å². The fourth-order valence-corrected chi connectivity index (χ4v) is 2.51. The molecular weight excluding hydrogens is 368 g/mol. The van der Waals surface area contributed by atoms with Crippen molar-refractivity contribution < 1.29 is 27.9 Å². The topological polar surface area (TPSA) is 72.5 Å². The molecule has 0 radical (unpaired) electrons. The number of carbonyl (C=O) groups is 3. The Bertz CT molecular complexity index is 911. The van der Waals surface area contributed by atoms with Crippen LogP contribution in [-0.2, 0) is 14.3 Å². The van der Waals surface area contributed by atoms with Crippen LogP contribution in [0, 0.1) is 25.5 Å². The Hall–Kier alpha value is -3.09. The van der Waals surface area contributed by atoms with Crippen LogP contribution in [0.1, 0.15) is 41.3 Å². The van der Waals surface area contributed by atoms with Crippen molar-refractivity contribution in [2.45, 2.75) is 39.7 Å². The van der Waals surface area contributed by atoms with Crippen molar-refractivity contribution >= 4 is 23.3 Å². The van der Waals surface area contributed by atoms with Gasteiger partial charge >= 0.3 is 5.97 Å². The second kappa shape index (κ2) is 9.21. The number of hydrogen-bond acceptors (Lipinski definition) is 4. The fraction of sp³-hybridized carbons (Fsp3) is 0.286. The van der Waals surface area contributed by atoms with E-state index in [9.17, 15) is 23.2 Å². The average Bonchev–Trinajstić information content (AvgIpc) is 2.64. The van der Waals surface area contributed by atoms with E-state index >= 15 is 0 Å². The first-order valence-corrected chi connectivity index (χ1v) is 8.73. The molecule has 0 aliphatic heterocycles. The van der Waals surface area contributed by atoms with Gasteiger partial charge in [-0.15, -0.1) is 0 Å². The lowest BCUT2D eigenvalue weighted by Crippen LogP contribution is -2.30. The highest BCUT2D eigenvalue weighted by Crippen LogP contribution is 2.15. The zero-order valence-electron chi connectivity index (χ0n) is 15.8. The summed E-state index contributed by atoms with van der Waals surface area (Å²) in [4.78, 5) is 36.2. The van der Waals surface area contributed by atoms with E-state index in [2.05, 4.69) is 5.32 Å². The zero-order valence-corrected chi connectivity index (χ0v) is 15.8. The summed E-state index contributed by atoms with van der Waals surface area (Å²) in [5.74, 6) is -3.72. The van der Waals surface area contributed by atoms with Gasteiger partial charge in [-0.2, -0.15) is 0 Å². The van der Waals surface area contributed by atoms with Crippen LogP contribution in [0.5, 0.6) is 0 Å². The van der Waals surface area contributed by atoms with Gasteiger partial charge in [0.05, 0.1) is 6.42 Å². The predicted octanol–water partition coefficient (Wildman–Crippen LogP) is 4.11. The highest BCUT2D eigenvalue weighted by molar-refractivity contribution is 5.99. The largest absolute Gasteiger partial charge is 0.453 e. The van der Waals surface area contributed by atoms with Gasteiger partial charge < -0.3 is 10.1 Å². The Morgan fingerprint density at radius 2 is 1.71 bits per heavy atom. The second-order valence-electron chi connectivity index (χ2n) is 6.49. The molecule has 0 unspecified atom stereocenters. The van der Waals surface area contributed by atoms with Gasteiger partial charge in [-0.3, -0.25) is 14.4 Å². The number of ketones is 1. The standard InChI is InChI=1S/C21H21F2NO4/c1-12-4-5-13(2)16(10-12)19(25)8-9-20(26)28-14(3)21(27)24-15-6-7-17(22)18(23)11-15/h4-7,10-11,14H,8-9H2,1-3H3,(H,24,27)/t14-/m1/s1. The van der Waals surface area contributed by atoms with Gasteiger partial charge in [0, 0.05) is 23.7 Å². The Kier molecular flexibility index (Phi) is 6.98. The lowest BCUT2D eigenvalue weighted by molar-refractivity contribution is -0.153. The first kappa shape index (κ1) is 21.2. The molecule has 0 saturated carbocycles. The van der Waals surface area contributed by atoms with Crippen molar-refractivity contribution in [3.05, 3.63) is 64.7 Å². The molecule has 1 N–H and O–H groups in total. The number of benzene rings is 2. The highest BCUT2D eigenvalue weighted by Gasteiger charge is 2.20. The summed E-state index contributed by atoms with van der Waals surface area (Å²) in [5, 5.41) is 2.33. The third kappa shape index (κ3) is 5.70. The molecule has 7 heteroatoms. The van der Waals surface area contributed by atoms with Crippen LogP contribution in [0.3, 0.4) is 0 Å². The summed E-state index contributed by atoms with van der Waals surface area (Å²) in [6.07, 6.45) is -1.37. The first-order chi connectivity index (χ1) is 13.2. The number of hydrogen-bond donors (Lipinski definition) is 1. The number of carbonyl (C=O) groups excluding carboxylic acids is 3. The van der Waals surface area contributed by atoms with E-state index in [0.717, 1.165) is 23.3 Å². The van der Waals surface area contributed by atoms with E-state index in [1.54, 1.807) is 6.07 Å². The molecule has 2 aromatic carbocycles. The van der Waals surface area contributed by atoms with Crippen LogP contribution < -0.4 is 5.32 Å². The number of Topliss-reactive ketones (excluding diaryl/α,β-unsaturated/α-hetero) is 1. The number of amides is 1. The normalized spacial score (nSPS) is 11.6. The number of anilines is 1. The van der Waals surface area contributed by atoms with Crippen LogP contribution >= 0.6 is 0 Å². The Morgan fingerprint density at radius 3 is 2.39 bits per heavy atom. The first-order valence-electron chi connectivity index (χ1n) is 8.73. The summed E-state index contributed by atoms with van der Waals surface area (Å²) < 4.78 is 31.1. The Labute approximate surface area is 161 Å². The van der Waals surface area contributed by atoms with Crippen LogP contribution in [0.25, 0.3) is 0 Å². The molecule has 0 aliphatic rings. The van der Waals surface area contributed by atoms with Crippen LogP contribution in [0.4, 0.5) is 14.5 Å². The Morgan fingerprint density at radius 1 is 1.00 bits per heavy atom. The second-order valence-corrected chi connectivity index (χ2v) is 6.49. The molecule has 28 heavy (non-hydrogen) atoms. The maximum absolute atomic E-state index is 13.2. The molecule has 0 bridgehead atoms. The van der Waals surface area contributed by atoms with Crippen molar-refractivity contribution in [2.24, 2.45) is 0 Å². The van der Waals surface area contributed by atoms with Crippen molar-refractivity contribution in [1.29, 1.82) is 0 Å². The van der Waals surface area contributed by atoms with E-state index in [0.29, 0.717) is 5.56 Å². The molecule has 0 heterocycles. The average molecular weight is 389 g/mol. The number of nitrogens with one attached hydrogen (secondary N) is 1. The lowest BCUT2D eigenvalue weighted by atomic mass is 9.99. The van der Waals surface area contributed by atoms with Gasteiger partial charge in [-0.25, -0.2) is 8.78 Å². The smallest absolute Gasteiger partial charge is 0.307 e. The predicted molar refractivity (Wildman–Crippen MR) is 100 cm³/mol. The summed E-state index contributed by atoms with van der Waals surface area (Å²) in [6, 6.07) is 8.39. The van der Waals surface area contributed by atoms with E-state index in [1.165, 1.54) is 13.0 Å². The third-order valence-corrected chi connectivity index (χ3v) is 4.11. The minimum absolute atomic E-state index is 0.0388. The molecule has 1 atom stereocenters. The van der Waals surface area contributed by atoms with Crippen molar-refractivity contribution in [2.75, 3.05) is 5.32 Å². The van der Waals surface area contributed by atoms with Crippen molar-refractivity contribution in [3.8, 4) is 0 Å². The zero-order chi connectivity index (χ0) is 20.8. The number of esters is 1. The molecule has 2 aromatic rings. The summed E-state index contributed by atoms with van der Waals surface area (Å²) in [6.45, 7) is 5.03. The number of ether oxygens (including phenoxy) is 1. The molecular formula is C21H21F2NO4. The van der Waals surface area contributed by atoms with Gasteiger partial charge in [0.15, 0.2) is 23.5 Å². The van der Waals surface area contributed by atoms with Gasteiger partial charge in [-0.05, 0) is 44.5 Å². The van der Waals surface area contributed by atoms with Crippen LogP contribution in [-0.4, -0.2) is 23.8 Å². The fourth-order valence-electron chi connectivity index (χ4n) is 2.51.